The number of anilines is 1. The first kappa shape index (κ1) is 10.0. The van der Waals surface area contributed by atoms with Crippen LogP contribution in [-0.2, 0) is 16.4 Å². The molecule has 0 radical (unpaired) electrons. The second kappa shape index (κ2) is 3.37. The van der Waals surface area contributed by atoms with E-state index in [4.69, 9.17) is 0 Å². The zero-order chi connectivity index (χ0) is 10.1. The van der Waals surface area contributed by atoms with Crippen molar-refractivity contribution in [2.24, 2.45) is 0 Å². The fourth-order valence-electron chi connectivity index (χ4n) is 1.05. The van der Waals surface area contributed by atoms with Gasteiger partial charge in [-0.1, -0.05) is 6.92 Å². The van der Waals surface area contributed by atoms with Crippen LogP contribution < -0.4 is 4.72 Å². The molecular formula is C7H13N3O2S. The number of hydrogen-bond donors (Lipinski definition) is 2. The lowest BCUT2D eigenvalue weighted by atomic mass is 10.2. The first-order valence-electron chi connectivity index (χ1n) is 3.95. The predicted molar refractivity (Wildman–Crippen MR) is 51.2 cm³/mol. The van der Waals surface area contributed by atoms with E-state index in [9.17, 15) is 8.42 Å². The SMILES string of the molecule is CCc1[nH]nc(NS(C)(=O)=O)c1C. The van der Waals surface area contributed by atoms with Crippen LogP contribution in [-0.4, -0.2) is 24.9 Å². The lowest BCUT2D eigenvalue weighted by molar-refractivity contribution is 0.606. The average molecular weight is 203 g/mol. The monoisotopic (exact) mass is 203 g/mol. The molecule has 0 fully saturated rings. The molecule has 0 bridgehead atoms. The normalized spacial score (nSPS) is 11.6. The minimum atomic E-state index is -3.23. The molecule has 1 aromatic rings. The maximum atomic E-state index is 10.9. The third-order valence-corrected chi connectivity index (χ3v) is 2.31. The van der Waals surface area contributed by atoms with Crippen LogP contribution >= 0.6 is 0 Å². The Labute approximate surface area is 77.6 Å². The van der Waals surface area contributed by atoms with Gasteiger partial charge in [-0.15, -0.1) is 0 Å². The van der Waals surface area contributed by atoms with Gasteiger partial charge < -0.3 is 0 Å². The van der Waals surface area contributed by atoms with Crippen LogP contribution in [0.1, 0.15) is 18.2 Å². The van der Waals surface area contributed by atoms with Gasteiger partial charge in [0.1, 0.15) is 0 Å². The van der Waals surface area contributed by atoms with E-state index in [-0.39, 0.29) is 0 Å². The molecule has 0 spiro atoms. The van der Waals surface area contributed by atoms with Gasteiger partial charge in [0.25, 0.3) is 0 Å². The Hall–Kier alpha value is -1.04. The number of H-pyrrole nitrogens is 1. The number of sulfonamides is 1. The molecule has 0 unspecified atom stereocenters. The van der Waals surface area contributed by atoms with Gasteiger partial charge >= 0.3 is 0 Å². The van der Waals surface area contributed by atoms with Gasteiger partial charge in [0, 0.05) is 11.3 Å². The van der Waals surface area contributed by atoms with E-state index < -0.39 is 10.0 Å². The lowest BCUT2D eigenvalue weighted by Gasteiger charge is -1.99. The van der Waals surface area contributed by atoms with Crippen LogP contribution in [0, 0.1) is 6.92 Å². The van der Waals surface area contributed by atoms with Gasteiger partial charge in [-0.3, -0.25) is 9.82 Å². The molecule has 1 rings (SSSR count). The summed E-state index contributed by atoms with van der Waals surface area (Å²) in [6.07, 6.45) is 1.91. The number of aryl methyl sites for hydroxylation is 1. The summed E-state index contributed by atoms with van der Waals surface area (Å²) in [7, 11) is -3.23. The van der Waals surface area contributed by atoms with Crippen molar-refractivity contribution in [1.82, 2.24) is 10.2 Å². The van der Waals surface area contributed by atoms with E-state index >= 15 is 0 Å². The molecule has 1 aromatic heterocycles. The van der Waals surface area contributed by atoms with Crippen LogP contribution in [0.2, 0.25) is 0 Å². The van der Waals surface area contributed by atoms with Gasteiger partial charge in [0.2, 0.25) is 10.0 Å². The van der Waals surface area contributed by atoms with Gasteiger partial charge in [0.15, 0.2) is 5.82 Å². The summed E-state index contributed by atoms with van der Waals surface area (Å²) < 4.78 is 24.1. The largest absolute Gasteiger partial charge is 0.280 e. The molecule has 0 aromatic carbocycles. The maximum absolute atomic E-state index is 10.9. The molecule has 0 aliphatic rings. The Balaban J connectivity index is 2.97. The highest BCUT2D eigenvalue weighted by molar-refractivity contribution is 7.92. The average Bonchev–Trinajstić information content (AvgIpc) is 2.30. The quantitative estimate of drug-likeness (QED) is 0.757. The third kappa shape index (κ3) is 2.45. The summed E-state index contributed by atoms with van der Waals surface area (Å²) >= 11 is 0. The summed E-state index contributed by atoms with van der Waals surface area (Å²) in [6, 6.07) is 0. The number of aromatic nitrogens is 2. The number of nitrogens with one attached hydrogen (secondary N) is 2. The van der Waals surface area contributed by atoms with E-state index in [0.717, 1.165) is 23.9 Å². The van der Waals surface area contributed by atoms with Crippen molar-refractivity contribution in [1.29, 1.82) is 0 Å². The number of aromatic amines is 1. The van der Waals surface area contributed by atoms with E-state index in [2.05, 4.69) is 14.9 Å². The summed E-state index contributed by atoms with van der Waals surface area (Å²) in [5.74, 6) is 0.388. The zero-order valence-electron chi connectivity index (χ0n) is 7.88. The standard InChI is InChI=1S/C7H13N3O2S/c1-4-6-5(2)7(9-8-6)10-13(3,11)12/h4H2,1-3H3,(H2,8,9,10). The number of rotatable bonds is 3. The van der Waals surface area contributed by atoms with Crippen molar-refractivity contribution in [3.8, 4) is 0 Å². The molecule has 0 aliphatic carbocycles. The summed E-state index contributed by atoms with van der Waals surface area (Å²) in [5, 5.41) is 6.63. The first-order valence-corrected chi connectivity index (χ1v) is 5.84. The highest BCUT2D eigenvalue weighted by Crippen LogP contribution is 2.15. The molecule has 0 atom stereocenters. The molecule has 1 heterocycles. The molecule has 13 heavy (non-hydrogen) atoms. The van der Waals surface area contributed by atoms with Gasteiger partial charge in [-0.25, -0.2) is 8.42 Å². The van der Waals surface area contributed by atoms with Crippen LogP contribution in [0.25, 0.3) is 0 Å². The van der Waals surface area contributed by atoms with Crippen LogP contribution in [0.5, 0.6) is 0 Å². The van der Waals surface area contributed by atoms with Gasteiger partial charge in [-0.2, -0.15) is 5.10 Å². The minimum Gasteiger partial charge on any atom is -0.280 e. The number of hydrogen-bond acceptors (Lipinski definition) is 3. The third-order valence-electron chi connectivity index (χ3n) is 1.75. The van der Waals surface area contributed by atoms with Crippen molar-refractivity contribution in [3.05, 3.63) is 11.3 Å². The molecule has 0 aliphatic heterocycles. The minimum absolute atomic E-state index is 0.388. The van der Waals surface area contributed by atoms with Crippen molar-refractivity contribution in [2.75, 3.05) is 11.0 Å². The molecule has 74 valence electrons. The van der Waals surface area contributed by atoms with Crippen molar-refractivity contribution < 1.29 is 8.42 Å². The number of nitrogens with zero attached hydrogens (tertiary/aromatic N) is 1. The summed E-state index contributed by atoms with van der Waals surface area (Å²) in [5.41, 5.74) is 1.80. The van der Waals surface area contributed by atoms with Crippen molar-refractivity contribution >= 4 is 15.8 Å². The molecule has 0 amide bonds. The second-order valence-electron chi connectivity index (χ2n) is 2.90. The summed E-state index contributed by atoms with van der Waals surface area (Å²) in [4.78, 5) is 0. The highest BCUT2D eigenvalue weighted by atomic mass is 32.2. The fourth-order valence-corrected chi connectivity index (χ4v) is 1.60. The molecule has 0 saturated heterocycles. The molecule has 6 heteroatoms. The Morgan fingerprint density at radius 3 is 2.54 bits per heavy atom. The van der Waals surface area contributed by atoms with Crippen LogP contribution in [0.4, 0.5) is 5.82 Å². The summed E-state index contributed by atoms with van der Waals surface area (Å²) in [6.45, 7) is 3.81. The molecule has 0 saturated carbocycles. The Bertz CT molecular complexity index is 394. The van der Waals surface area contributed by atoms with Gasteiger partial charge in [-0.05, 0) is 13.3 Å². The first-order chi connectivity index (χ1) is 5.94. The van der Waals surface area contributed by atoms with Crippen LogP contribution in [0.15, 0.2) is 0 Å². The van der Waals surface area contributed by atoms with Crippen molar-refractivity contribution in [2.45, 2.75) is 20.3 Å². The topological polar surface area (TPSA) is 74.8 Å². The smallest absolute Gasteiger partial charge is 0.231 e. The van der Waals surface area contributed by atoms with Gasteiger partial charge in [0.05, 0.1) is 6.26 Å². The molecule has 2 N–H and O–H groups in total. The highest BCUT2D eigenvalue weighted by Gasteiger charge is 2.10. The lowest BCUT2D eigenvalue weighted by Crippen LogP contribution is -2.10. The molecule has 5 nitrogen and oxygen atoms in total. The molecular weight excluding hydrogens is 190 g/mol. The predicted octanol–water partition coefficient (Wildman–Crippen LogP) is 0.652. The van der Waals surface area contributed by atoms with E-state index in [0.29, 0.717) is 5.82 Å². The van der Waals surface area contributed by atoms with E-state index in [1.807, 2.05) is 13.8 Å². The fraction of sp³-hybridized carbons (Fsp3) is 0.571. The van der Waals surface area contributed by atoms with Crippen molar-refractivity contribution in [3.63, 3.8) is 0 Å². The van der Waals surface area contributed by atoms with E-state index in [1.54, 1.807) is 0 Å². The second-order valence-corrected chi connectivity index (χ2v) is 4.65. The Kier molecular flexibility index (Phi) is 2.60. The maximum Gasteiger partial charge on any atom is 0.231 e. The zero-order valence-corrected chi connectivity index (χ0v) is 8.70. The Morgan fingerprint density at radius 1 is 1.54 bits per heavy atom. The van der Waals surface area contributed by atoms with Crippen LogP contribution in [0.3, 0.4) is 0 Å². The van der Waals surface area contributed by atoms with E-state index in [1.165, 1.54) is 0 Å². The Morgan fingerprint density at radius 2 is 2.15 bits per heavy atom.